The van der Waals surface area contributed by atoms with E-state index < -0.39 is 0 Å². The molecule has 2 N–H and O–H groups in total. The molecule has 5 heteroatoms. The second-order valence-electron chi connectivity index (χ2n) is 1.91. The minimum atomic E-state index is 0.481. The second-order valence-corrected chi connectivity index (χ2v) is 3.16. The van der Waals surface area contributed by atoms with Crippen molar-refractivity contribution in [3.63, 3.8) is 0 Å². The predicted octanol–water partition coefficient (Wildman–Crippen LogP) is 2.52. The molecule has 0 saturated heterocycles. The van der Waals surface area contributed by atoms with Gasteiger partial charge in [0.05, 0.1) is 10.0 Å². The van der Waals surface area contributed by atoms with Crippen LogP contribution in [-0.4, -0.2) is 0 Å². The lowest BCUT2D eigenvalue weighted by atomic mass is 10.3. The zero-order chi connectivity index (χ0) is 8.43. The van der Waals surface area contributed by atoms with Crippen molar-refractivity contribution in [3.8, 4) is 0 Å². The Hall–Kier alpha value is -0.0900. The first-order valence-corrected chi connectivity index (χ1v) is 3.96. The van der Waals surface area contributed by atoms with Crippen LogP contribution in [0.4, 0.5) is 5.69 Å². The molecule has 0 spiro atoms. The third kappa shape index (κ3) is 1.93. The van der Waals surface area contributed by atoms with Crippen molar-refractivity contribution in [2.24, 2.45) is 5.84 Å². The summed E-state index contributed by atoms with van der Waals surface area (Å²) in [5, 5.41) is 0.963. The lowest BCUT2D eigenvalue weighted by molar-refractivity contribution is 1.22. The summed E-state index contributed by atoms with van der Waals surface area (Å²) < 4.78 is 1.09. The summed E-state index contributed by atoms with van der Waals surface area (Å²) in [4.78, 5) is 0. The van der Waals surface area contributed by atoms with Crippen molar-refractivity contribution >= 4 is 41.7 Å². The van der Waals surface area contributed by atoms with Crippen LogP contribution in [0.5, 0.6) is 0 Å². The van der Waals surface area contributed by atoms with Crippen LogP contribution in [0.3, 0.4) is 0 Å². The number of nitrogens with two attached hydrogens (primary N) is 1. The molecule has 0 amide bonds. The molecule has 0 atom stereocenters. The maximum Gasteiger partial charge on any atom is 0.101 e. The van der Waals surface area contributed by atoms with E-state index in [0.29, 0.717) is 15.7 Å². The molecule has 0 radical (unpaired) electrons. The van der Waals surface area contributed by atoms with E-state index in [0.717, 1.165) is 4.41 Å². The lowest BCUT2D eigenvalue weighted by Crippen LogP contribution is -2.19. The highest BCUT2D eigenvalue weighted by atomic mass is 35.5. The zero-order valence-corrected chi connectivity index (χ0v) is 7.87. The fourth-order valence-electron chi connectivity index (χ4n) is 0.708. The normalized spacial score (nSPS) is 9.82. The van der Waals surface area contributed by atoms with Gasteiger partial charge < -0.3 is 0 Å². The van der Waals surface area contributed by atoms with E-state index in [4.69, 9.17) is 29.0 Å². The highest BCUT2D eigenvalue weighted by Crippen LogP contribution is 2.32. The van der Waals surface area contributed by atoms with E-state index in [1.807, 2.05) is 0 Å². The first-order chi connectivity index (χ1) is 5.13. The molecule has 1 rings (SSSR count). The van der Waals surface area contributed by atoms with Gasteiger partial charge >= 0.3 is 0 Å². The van der Waals surface area contributed by atoms with Crippen molar-refractivity contribution in [2.45, 2.75) is 0 Å². The Morgan fingerprint density at radius 3 is 2.00 bits per heavy atom. The van der Waals surface area contributed by atoms with E-state index in [1.165, 1.54) is 0 Å². The Bertz CT molecular complexity index is 245. The minimum absolute atomic E-state index is 0.481. The quantitative estimate of drug-likeness (QED) is 0.422. The van der Waals surface area contributed by atoms with Crippen molar-refractivity contribution in [3.05, 3.63) is 28.2 Å². The molecule has 1 aromatic rings. The van der Waals surface area contributed by atoms with Crippen LogP contribution in [0.15, 0.2) is 18.2 Å². The molecule has 2 nitrogen and oxygen atoms in total. The molecule has 0 bridgehead atoms. The van der Waals surface area contributed by atoms with E-state index >= 15 is 0 Å². The molecule has 0 aliphatic rings. The Balaban J connectivity index is 3.21. The van der Waals surface area contributed by atoms with Gasteiger partial charge in [-0.05, 0) is 24.9 Å². The summed E-state index contributed by atoms with van der Waals surface area (Å²) in [5.41, 5.74) is 0.513. The van der Waals surface area contributed by atoms with E-state index in [-0.39, 0.29) is 0 Å². The van der Waals surface area contributed by atoms with Gasteiger partial charge in [0.1, 0.15) is 5.69 Å². The predicted molar refractivity (Wildman–Crippen MR) is 52.1 cm³/mol. The van der Waals surface area contributed by atoms with Crippen LogP contribution in [0.25, 0.3) is 0 Å². The largest absolute Gasteiger partial charge is 0.253 e. The van der Waals surface area contributed by atoms with Crippen LogP contribution in [0, 0.1) is 0 Å². The summed E-state index contributed by atoms with van der Waals surface area (Å²) in [6.07, 6.45) is 0. The molecule has 1 aromatic carbocycles. The lowest BCUT2D eigenvalue weighted by Gasteiger charge is -2.13. The summed E-state index contributed by atoms with van der Waals surface area (Å²) in [7, 11) is 0. The molecule has 0 fully saturated rings. The smallest absolute Gasteiger partial charge is 0.101 e. The molecule has 0 aliphatic heterocycles. The maximum atomic E-state index is 5.77. The number of para-hydroxylation sites is 1. The Morgan fingerprint density at radius 2 is 1.73 bits per heavy atom. The summed E-state index contributed by atoms with van der Waals surface area (Å²) in [5.74, 6) is 5.34. The number of rotatable bonds is 1. The fraction of sp³-hybridized carbons (Fsp3) is 0. The van der Waals surface area contributed by atoms with Gasteiger partial charge in [-0.1, -0.05) is 29.3 Å². The first-order valence-electron chi connectivity index (χ1n) is 2.80. The number of hydrazine groups is 1. The molecule has 60 valence electrons. The zero-order valence-electron chi connectivity index (χ0n) is 5.46. The molecule has 0 aromatic heterocycles. The van der Waals surface area contributed by atoms with Crippen LogP contribution < -0.4 is 10.3 Å². The summed E-state index contributed by atoms with van der Waals surface area (Å²) in [6, 6.07) is 5.13. The van der Waals surface area contributed by atoms with Gasteiger partial charge in [0, 0.05) is 0 Å². The van der Waals surface area contributed by atoms with Crippen LogP contribution in [0.1, 0.15) is 0 Å². The first kappa shape index (κ1) is 9.00. The fourth-order valence-corrected chi connectivity index (χ4v) is 1.62. The topological polar surface area (TPSA) is 29.3 Å². The minimum Gasteiger partial charge on any atom is -0.253 e. The Morgan fingerprint density at radius 1 is 1.27 bits per heavy atom. The molecule has 11 heavy (non-hydrogen) atoms. The average Bonchev–Trinajstić information content (AvgIpc) is 1.85. The molecule has 0 saturated carbocycles. The number of nitrogens with zero attached hydrogens (tertiary/aromatic N) is 1. The SMILES string of the molecule is NN(S)c1c(Cl)cccc1Cl. The highest BCUT2D eigenvalue weighted by molar-refractivity contribution is 7.81. The molecular weight excluding hydrogens is 203 g/mol. The average molecular weight is 209 g/mol. The molecule has 0 heterocycles. The van der Waals surface area contributed by atoms with Gasteiger partial charge in [-0.2, -0.15) is 0 Å². The van der Waals surface area contributed by atoms with Gasteiger partial charge in [-0.15, -0.1) is 0 Å². The van der Waals surface area contributed by atoms with Crippen molar-refractivity contribution in [1.82, 2.24) is 0 Å². The molecule has 0 aliphatic carbocycles. The second kappa shape index (κ2) is 3.54. The van der Waals surface area contributed by atoms with Gasteiger partial charge in [0.15, 0.2) is 0 Å². The number of thiol groups is 1. The van der Waals surface area contributed by atoms with Crippen LogP contribution in [-0.2, 0) is 0 Å². The number of hydrogen-bond donors (Lipinski definition) is 2. The number of anilines is 1. The van der Waals surface area contributed by atoms with Gasteiger partial charge in [-0.3, -0.25) is 4.41 Å². The van der Waals surface area contributed by atoms with E-state index in [1.54, 1.807) is 18.2 Å². The van der Waals surface area contributed by atoms with Gasteiger partial charge in [0.2, 0.25) is 0 Å². The standard InChI is InChI=1S/C6H6Cl2N2S/c7-4-2-1-3-5(8)6(4)10(9)11/h1-3,11H,9H2. The van der Waals surface area contributed by atoms with Crippen LogP contribution in [0.2, 0.25) is 10.0 Å². The van der Waals surface area contributed by atoms with E-state index in [2.05, 4.69) is 12.8 Å². The number of hydrogen-bond acceptors (Lipinski definition) is 3. The summed E-state index contributed by atoms with van der Waals surface area (Å²) >= 11 is 15.4. The number of halogens is 2. The molecular formula is C6H6Cl2N2S. The third-order valence-electron chi connectivity index (χ3n) is 1.17. The molecule has 0 unspecified atom stereocenters. The van der Waals surface area contributed by atoms with Crippen molar-refractivity contribution in [1.29, 1.82) is 0 Å². The van der Waals surface area contributed by atoms with Gasteiger partial charge in [0.25, 0.3) is 0 Å². The van der Waals surface area contributed by atoms with Crippen molar-refractivity contribution in [2.75, 3.05) is 4.41 Å². The van der Waals surface area contributed by atoms with E-state index in [9.17, 15) is 0 Å². The van der Waals surface area contributed by atoms with Crippen molar-refractivity contribution < 1.29 is 0 Å². The summed E-state index contributed by atoms with van der Waals surface area (Å²) in [6.45, 7) is 0. The monoisotopic (exact) mass is 208 g/mol. The maximum absolute atomic E-state index is 5.77. The highest BCUT2D eigenvalue weighted by Gasteiger charge is 2.07. The van der Waals surface area contributed by atoms with Crippen LogP contribution >= 0.6 is 36.0 Å². The number of benzene rings is 1. The Labute approximate surface area is 80.4 Å². The van der Waals surface area contributed by atoms with Gasteiger partial charge in [-0.25, -0.2) is 5.84 Å². The third-order valence-corrected chi connectivity index (χ3v) is 1.98. The Kier molecular flexibility index (Phi) is 2.90.